The zero-order chi connectivity index (χ0) is 15.8. The van der Waals surface area contributed by atoms with E-state index in [2.05, 4.69) is 14.5 Å². The molecule has 0 saturated carbocycles. The Bertz CT molecular complexity index is 1090. The smallest absolute Gasteiger partial charge is 0.289 e. The number of aryl methyl sites for hydroxylation is 1. The van der Waals surface area contributed by atoms with Crippen LogP contribution in [-0.2, 0) is 13.5 Å². The lowest BCUT2D eigenvalue weighted by atomic mass is 10.2. The number of fused-ring (bicyclic) bond motifs is 7. The molecular formula is C15H12N5+. The molecule has 1 aliphatic heterocycles. The average Bonchev–Trinajstić information content (AvgIpc) is 3.11. The van der Waals surface area contributed by atoms with E-state index in [9.17, 15) is 0 Å². The largest absolute Gasteiger partial charge is 0.298 e. The van der Waals surface area contributed by atoms with Gasteiger partial charge in [0.1, 0.15) is 6.54 Å². The van der Waals surface area contributed by atoms with E-state index in [-0.39, 0.29) is 0 Å². The summed E-state index contributed by atoms with van der Waals surface area (Å²) in [5.74, 6) is 0.948. The summed E-state index contributed by atoms with van der Waals surface area (Å²) < 4.78 is 29.0. The van der Waals surface area contributed by atoms with Gasteiger partial charge in [-0.2, -0.15) is 4.40 Å². The maximum atomic E-state index is 7.87. The van der Waals surface area contributed by atoms with Crippen LogP contribution in [0.3, 0.4) is 0 Å². The van der Waals surface area contributed by atoms with E-state index in [0.717, 1.165) is 23.4 Å². The Morgan fingerprint density at radius 3 is 3.30 bits per heavy atom. The molecule has 0 fully saturated rings. The molecule has 0 unspecified atom stereocenters. The summed E-state index contributed by atoms with van der Waals surface area (Å²) in [5.41, 5.74) is 4.07. The van der Waals surface area contributed by atoms with Gasteiger partial charge in [-0.05, 0) is 18.2 Å². The molecule has 0 atom stereocenters. The molecule has 0 aromatic carbocycles. The fraction of sp³-hybridized carbons (Fsp3) is 0.133. The number of imidazole rings is 2. The third-order valence-electron chi connectivity index (χ3n) is 3.93. The van der Waals surface area contributed by atoms with Crippen LogP contribution in [0.15, 0.2) is 43.0 Å². The van der Waals surface area contributed by atoms with Crippen LogP contribution >= 0.6 is 0 Å². The molecule has 5 heteroatoms. The minimum Gasteiger partial charge on any atom is -0.289 e. The molecule has 0 saturated heterocycles. The van der Waals surface area contributed by atoms with E-state index in [1.165, 1.54) is 10.1 Å². The highest BCUT2D eigenvalue weighted by atomic mass is 15.2. The lowest BCUT2D eigenvalue weighted by Gasteiger charge is -1.92. The Kier molecular flexibility index (Phi) is 1.27. The molecule has 20 heavy (non-hydrogen) atoms. The first kappa shape index (κ1) is 7.79. The van der Waals surface area contributed by atoms with Crippen LogP contribution in [0.2, 0.25) is 0 Å². The van der Waals surface area contributed by atoms with Crippen molar-refractivity contribution in [1.82, 2.24) is 18.9 Å². The third kappa shape index (κ3) is 1.02. The predicted molar refractivity (Wildman–Crippen MR) is 74.2 cm³/mol. The third-order valence-corrected chi connectivity index (χ3v) is 3.93. The van der Waals surface area contributed by atoms with Crippen LogP contribution in [0.5, 0.6) is 0 Å². The van der Waals surface area contributed by atoms with Crippen LogP contribution in [0.4, 0.5) is 0 Å². The fourth-order valence-electron chi connectivity index (χ4n) is 3.08. The van der Waals surface area contributed by atoms with Crippen molar-refractivity contribution in [2.75, 3.05) is 0 Å². The van der Waals surface area contributed by atoms with Gasteiger partial charge in [0.15, 0.2) is 17.4 Å². The standard InChI is InChI=1S/C15H12N5/c1-18-13-9-19-8-10-4-6-16-7-11(10)15(19)20(13)12-3-2-5-17-14(12)18/h2-7,9H,8H2,1H3/q+1/i1D3. The molecule has 0 radical (unpaired) electrons. The van der Waals surface area contributed by atoms with E-state index in [4.69, 9.17) is 4.11 Å². The molecule has 5 heterocycles. The van der Waals surface area contributed by atoms with E-state index in [0.29, 0.717) is 11.3 Å². The van der Waals surface area contributed by atoms with Crippen LogP contribution in [-0.4, -0.2) is 18.9 Å². The van der Waals surface area contributed by atoms with Crippen molar-refractivity contribution in [3.8, 4) is 11.4 Å². The first-order chi connectivity index (χ1) is 11.1. The first-order valence-electron chi connectivity index (χ1n) is 7.90. The zero-order valence-electron chi connectivity index (χ0n) is 13.5. The second-order valence-electron chi connectivity index (χ2n) is 4.99. The monoisotopic (exact) mass is 265 g/mol. The minimum atomic E-state index is -2.29. The Labute approximate surface area is 119 Å². The van der Waals surface area contributed by atoms with Crippen LogP contribution in [0.25, 0.3) is 28.2 Å². The highest BCUT2D eigenvalue weighted by molar-refractivity contribution is 5.81. The first-order valence-corrected chi connectivity index (χ1v) is 6.40. The molecule has 0 bridgehead atoms. The number of rotatable bonds is 0. The molecule has 96 valence electrons. The Hall–Kier alpha value is -2.69. The van der Waals surface area contributed by atoms with Crippen molar-refractivity contribution in [3.63, 3.8) is 0 Å². The zero-order valence-corrected chi connectivity index (χ0v) is 10.5. The number of nitrogens with zero attached hydrogens (tertiary/aromatic N) is 5. The van der Waals surface area contributed by atoms with Gasteiger partial charge in [-0.25, -0.2) is 9.55 Å². The second kappa shape index (κ2) is 3.25. The summed E-state index contributed by atoms with van der Waals surface area (Å²) >= 11 is 0. The molecule has 4 aromatic heterocycles. The van der Waals surface area contributed by atoms with Gasteiger partial charge in [-0.15, -0.1) is 0 Å². The Balaban J connectivity index is 2.00. The van der Waals surface area contributed by atoms with E-state index in [1.807, 2.05) is 35.0 Å². The average molecular weight is 265 g/mol. The summed E-state index contributed by atoms with van der Waals surface area (Å²) in [6, 6.07) is 5.71. The summed E-state index contributed by atoms with van der Waals surface area (Å²) in [4.78, 5) is 8.51. The van der Waals surface area contributed by atoms with Crippen LogP contribution in [0, 0.1) is 0 Å². The molecule has 5 rings (SSSR count). The molecule has 0 N–H and O–H groups in total. The topological polar surface area (TPSA) is 39.0 Å². The molecule has 0 spiro atoms. The van der Waals surface area contributed by atoms with Crippen LogP contribution < -0.4 is 4.57 Å². The number of aromatic nitrogens is 5. The maximum absolute atomic E-state index is 7.87. The summed E-state index contributed by atoms with van der Waals surface area (Å²) in [6.45, 7) is -1.57. The lowest BCUT2D eigenvalue weighted by molar-refractivity contribution is -0.670. The molecule has 0 aliphatic carbocycles. The van der Waals surface area contributed by atoms with Crippen LogP contribution in [0.1, 0.15) is 9.68 Å². The summed E-state index contributed by atoms with van der Waals surface area (Å²) in [5, 5.41) is 0. The van der Waals surface area contributed by atoms with E-state index < -0.39 is 6.98 Å². The van der Waals surface area contributed by atoms with Gasteiger partial charge in [0, 0.05) is 35.2 Å². The van der Waals surface area contributed by atoms with Gasteiger partial charge in [0.2, 0.25) is 5.65 Å². The molecule has 4 aromatic rings. The van der Waals surface area contributed by atoms with Gasteiger partial charge in [-0.1, -0.05) is 0 Å². The molecule has 5 nitrogen and oxygen atoms in total. The Morgan fingerprint density at radius 1 is 1.35 bits per heavy atom. The van der Waals surface area contributed by atoms with Gasteiger partial charge in [0.25, 0.3) is 5.82 Å². The quantitative estimate of drug-likeness (QED) is 0.398. The normalized spacial score (nSPS) is 15.9. The van der Waals surface area contributed by atoms with Gasteiger partial charge < -0.3 is 0 Å². The van der Waals surface area contributed by atoms with Gasteiger partial charge in [0.05, 0.1) is 5.56 Å². The van der Waals surface area contributed by atoms with Gasteiger partial charge >= 0.3 is 0 Å². The van der Waals surface area contributed by atoms with Crippen molar-refractivity contribution in [2.24, 2.45) is 6.98 Å². The van der Waals surface area contributed by atoms with Crippen molar-refractivity contribution < 1.29 is 8.68 Å². The lowest BCUT2D eigenvalue weighted by Crippen LogP contribution is -2.29. The molecular weight excluding hydrogens is 250 g/mol. The number of pyridine rings is 2. The molecule has 0 amide bonds. The van der Waals surface area contributed by atoms with E-state index in [1.54, 1.807) is 12.4 Å². The summed E-state index contributed by atoms with van der Waals surface area (Å²) in [6.07, 6.45) is 7.10. The number of hydrogen-bond acceptors (Lipinski definition) is 2. The van der Waals surface area contributed by atoms with Crippen molar-refractivity contribution >= 4 is 16.8 Å². The summed E-state index contributed by atoms with van der Waals surface area (Å²) in [7, 11) is 0. The molecule has 1 aliphatic rings. The van der Waals surface area contributed by atoms with Crippen molar-refractivity contribution in [3.05, 3.63) is 48.5 Å². The van der Waals surface area contributed by atoms with Crippen molar-refractivity contribution in [1.29, 1.82) is 0 Å². The van der Waals surface area contributed by atoms with E-state index >= 15 is 0 Å². The second-order valence-corrected chi connectivity index (χ2v) is 4.99. The highest BCUT2D eigenvalue weighted by Gasteiger charge is 2.33. The highest BCUT2D eigenvalue weighted by Crippen LogP contribution is 2.30. The number of hydrogen-bond donors (Lipinski definition) is 0. The maximum Gasteiger partial charge on any atom is 0.298 e. The SMILES string of the molecule is [2H]C([2H])([2H])n1c2ncccc2n2c3[n+](cc12)Cc1ccncc1-3. The fourth-order valence-corrected chi connectivity index (χ4v) is 3.08. The Morgan fingerprint density at radius 2 is 2.35 bits per heavy atom. The predicted octanol–water partition coefficient (Wildman–Crippen LogP) is 1.54. The van der Waals surface area contributed by atoms with Gasteiger partial charge in [-0.3, -0.25) is 9.55 Å². The van der Waals surface area contributed by atoms with Crippen molar-refractivity contribution in [2.45, 2.75) is 6.54 Å². The minimum absolute atomic E-state index is 0.461.